The summed E-state index contributed by atoms with van der Waals surface area (Å²) in [5.41, 5.74) is 2.30. The van der Waals surface area contributed by atoms with Crippen LogP contribution in [-0.2, 0) is 6.42 Å². The Hall–Kier alpha value is -1.18. The maximum atomic E-state index is 6.42. The third-order valence-corrected chi connectivity index (χ3v) is 3.98. The van der Waals surface area contributed by atoms with E-state index in [1.807, 2.05) is 42.5 Å². The molecule has 0 saturated heterocycles. The van der Waals surface area contributed by atoms with Crippen LogP contribution in [0.2, 0.25) is 5.02 Å². The van der Waals surface area contributed by atoms with Gasteiger partial charge >= 0.3 is 0 Å². The van der Waals surface area contributed by atoms with Gasteiger partial charge in [-0.2, -0.15) is 0 Å². The maximum Gasteiger partial charge on any atom is 0.125 e. The molecule has 0 aliphatic carbocycles. The first kappa shape index (κ1) is 12.8. The highest BCUT2D eigenvalue weighted by Gasteiger charge is 2.24. The fourth-order valence-electron chi connectivity index (χ4n) is 2.42. The van der Waals surface area contributed by atoms with Gasteiger partial charge in [-0.15, -0.1) is 11.6 Å². The van der Waals surface area contributed by atoms with Gasteiger partial charge in [0.1, 0.15) is 11.9 Å². The molecule has 2 aromatic carbocycles. The number of rotatable bonds is 1. The van der Waals surface area contributed by atoms with Crippen molar-refractivity contribution in [1.29, 1.82) is 0 Å². The van der Waals surface area contributed by atoms with Gasteiger partial charge < -0.3 is 4.74 Å². The topological polar surface area (TPSA) is 9.23 Å². The molecule has 1 aliphatic rings. The molecule has 0 radical (unpaired) electrons. The number of alkyl halides is 1. The molecule has 0 N–H and O–H groups in total. The SMILES string of the molecule is Clc1ccc([C@@H]2C[C@@H](Cl)Cc3ccccc3O2)cc1. The number of ether oxygens (including phenoxy) is 1. The number of fused-ring (bicyclic) bond motifs is 1. The van der Waals surface area contributed by atoms with E-state index in [4.69, 9.17) is 27.9 Å². The van der Waals surface area contributed by atoms with Crippen molar-refractivity contribution >= 4 is 23.2 Å². The van der Waals surface area contributed by atoms with Crippen molar-refractivity contribution in [2.45, 2.75) is 24.3 Å². The molecule has 0 spiro atoms. The summed E-state index contributed by atoms with van der Waals surface area (Å²) in [4.78, 5) is 0. The summed E-state index contributed by atoms with van der Waals surface area (Å²) in [7, 11) is 0. The highest BCUT2D eigenvalue weighted by molar-refractivity contribution is 6.30. The molecule has 0 unspecified atom stereocenters. The van der Waals surface area contributed by atoms with E-state index < -0.39 is 0 Å². The molecule has 2 aromatic rings. The lowest BCUT2D eigenvalue weighted by atomic mass is 10.0. The van der Waals surface area contributed by atoms with Crippen LogP contribution in [0.25, 0.3) is 0 Å². The van der Waals surface area contributed by atoms with Crippen LogP contribution in [0.1, 0.15) is 23.7 Å². The number of benzene rings is 2. The highest BCUT2D eigenvalue weighted by atomic mass is 35.5. The van der Waals surface area contributed by atoms with Gasteiger partial charge in [-0.25, -0.2) is 0 Å². The van der Waals surface area contributed by atoms with E-state index in [1.54, 1.807) is 0 Å². The molecule has 3 heteroatoms. The lowest BCUT2D eigenvalue weighted by molar-refractivity contribution is 0.201. The molecular formula is C16H14Cl2O. The second kappa shape index (κ2) is 5.44. The second-order valence-electron chi connectivity index (χ2n) is 4.80. The van der Waals surface area contributed by atoms with Gasteiger partial charge in [-0.3, -0.25) is 0 Å². The molecule has 0 aromatic heterocycles. The Bertz CT molecular complexity index is 565. The molecule has 2 atom stereocenters. The van der Waals surface area contributed by atoms with Crippen LogP contribution in [0.15, 0.2) is 48.5 Å². The molecule has 19 heavy (non-hydrogen) atoms. The Morgan fingerprint density at radius 3 is 2.53 bits per heavy atom. The summed E-state index contributed by atoms with van der Waals surface area (Å²) in [5, 5.41) is 0.824. The molecule has 3 rings (SSSR count). The van der Waals surface area contributed by atoms with Crippen LogP contribution >= 0.6 is 23.2 Å². The van der Waals surface area contributed by atoms with Gasteiger partial charge in [0.25, 0.3) is 0 Å². The van der Waals surface area contributed by atoms with E-state index in [0.29, 0.717) is 0 Å². The minimum atomic E-state index is -0.0107. The lowest BCUT2D eigenvalue weighted by Gasteiger charge is -2.18. The van der Waals surface area contributed by atoms with Crippen LogP contribution in [0.5, 0.6) is 5.75 Å². The van der Waals surface area contributed by atoms with Crippen LogP contribution < -0.4 is 4.74 Å². The van der Waals surface area contributed by atoms with E-state index in [0.717, 1.165) is 29.2 Å². The minimum Gasteiger partial charge on any atom is -0.485 e. The number of hydrogen-bond donors (Lipinski definition) is 0. The van der Waals surface area contributed by atoms with Gasteiger partial charge in [0.15, 0.2) is 0 Å². The molecular weight excluding hydrogens is 279 g/mol. The predicted molar refractivity (Wildman–Crippen MR) is 79.2 cm³/mol. The van der Waals surface area contributed by atoms with E-state index in [2.05, 4.69) is 6.07 Å². The predicted octanol–water partition coefficient (Wildman–Crippen LogP) is 5.01. The zero-order valence-corrected chi connectivity index (χ0v) is 11.9. The monoisotopic (exact) mass is 292 g/mol. The van der Waals surface area contributed by atoms with E-state index >= 15 is 0 Å². The third kappa shape index (κ3) is 2.88. The average Bonchev–Trinajstić information content (AvgIpc) is 2.57. The first-order valence-corrected chi connectivity index (χ1v) is 7.18. The fourth-order valence-corrected chi connectivity index (χ4v) is 2.88. The molecule has 0 amide bonds. The Kier molecular flexibility index (Phi) is 3.67. The van der Waals surface area contributed by atoms with Gasteiger partial charge in [0, 0.05) is 16.8 Å². The van der Waals surface area contributed by atoms with Gasteiger partial charge in [0.05, 0.1) is 0 Å². The summed E-state index contributed by atoms with van der Waals surface area (Å²) in [6.45, 7) is 0. The first-order valence-electron chi connectivity index (χ1n) is 6.36. The van der Waals surface area contributed by atoms with Crippen molar-refractivity contribution in [3.05, 3.63) is 64.7 Å². The maximum absolute atomic E-state index is 6.42. The van der Waals surface area contributed by atoms with Crippen molar-refractivity contribution in [2.75, 3.05) is 0 Å². The van der Waals surface area contributed by atoms with Crippen molar-refractivity contribution in [3.63, 3.8) is 0 Å². The van der Waals surface area contributed by atoms with Gasteiger partial charge in [-0.05, 0) is 35.7 Å². The van der Waals surface area contributed by atoms with Crippen LogP contribution in [0.3, 0.4) is 0 Å². The summed E-state index contributed by atoms with van der Waals surface area (Å²) >= 11 is 12.3. The van der Waals surface area contributed by atoms with Crippen LogP contribution in [0.4, 0.5) is 0 Å². The number of hydrogen-bond acceptors (Lipinski definition) is 1. The van der Waals surface area contributed by atoms with Gasteiger partial charge in [-0.1, -0.05) is 41.9 Å². The largest absolute Gasteiger partial charge is 0.485 e. The van der Waals surface area contributed by atoms with E-state index in [9.17, 15) is 0 Å². The standard InChI is InChI=1S/C16H14Cl2O/c17-13-7-5-11(6-8-13)16-10-14(18)9-12-3-1-2-4-15(12)19-16/h1-8,14,16H,9-10H2/t14-,16-/m0/s1. The fraction of sp³-hybridized carbons (Fsp3) is 0.250. The Balaban J connectivity index is 1.93. The van der Waals surface area contributed by atoms with Crippen molar-refractivity contribution in [1.82, 2.24) is 0 Å². The molecule has 1 aliphatic heterocycles. The molecule has 0 saturated carbocycles. The zero-order valence-electron chi connectivity index (χ0n) is 10.4. The summed E-state index contributed by atoms with van der Waals surface area (Å²) in [5.74, 6) is 0.936. The Morgan fingerprint density at radius 1 is 1.00 bits per heavy atom. The Labute approximate surface area is 123 Å². The van der Waals surface area contributed by atoms with E-state index in [1.165, 1.54) is 5.56 Å². The summed E-state index contributed by atoms with van der Waals surface area (Å²) < 4.78 is 6.13. The third-order valence-electron chi connectivity index (χ3n) is 3.39. The average molecular weight is 293 g/mol. The number of para-hydroxylation sites is 1. The molecule has 98 valence electrons. The lowest BCUT2D eigenvalue weighted by Crippen LogP contribution is -2.11. The minimum absolute atomic E-state index is 0.0107. The summed E-state index contributed by atoms with van der Waals surface area (Å²) in [6.07, 6.45) is 1.64. The van der Waals surface area contributed by atoms with Gasteiger partial charge in [0.2, 0.25) is 0 Å². The molecule has 1 nitrogen and oxygen atoms in total. The zero-order chi connectivity index (χ0) is 13.2. The van der Waals surface area contributed by atoms with Crippen LogP contribution in [0, 0.1) is 0 Å². The Morgan fingerprint density at radius 2 is 1.74 bits per heavy atom. The molecule has 0 bridgehead atoms. The second-order valence-corrected chi connectivity index (χ2v) is 5.86. The molecule has 1 heterocycles. The van der Waals surface area contributed by atoms with E-state index in [-0.39, 0.29) is 11.5 Å². The first-order chi connectivity index (χ1) is 9.22. The normalized spacial score (nSPS) is 22.2. The smallest absolute Gasteiger partial charge is 0.125 e. The van der Waals surface area contributed by atoms with Crippen LogP contribution in [-0.4, -0.2) is 5.38 Å². The van der Waals surface area contributed by atoms with Crippen molar-refractivity contribution in [3.8, 4) is 5.75 Å². The molecule has 0 fully saturated rings. The highest BCUT2D eigenvalue weighted by Crippen LogP contribution is 2.35. The van der Waals surface area contributed by atoms with Crippen molar-refractivity contribution < 1.29 is 4.74 Å². The summed E-state index contributed by atoms with van der Waals surface area (Å²) in [6, 6.07) is 15.9. The quantitative estimate of drug-likeness (QED) is 0.671. The van der Waals surface area contributed by atoms with Crippen molar-refractivity contribution in [2.24, 2.45) is 0 Å². The number of halogens is 2.